The number of rotatable bonds is 4. The average Bonchev–Trinajstić information content (AvgIpc) is 2.50. The molecule has 0 aliphatic carbocycles. The largest absolute Gasteiger partial charge is 0.349 e. The Labute approximate surface area is 137 Å². The Bertz CT molecular complexity index is 497. The Morgan fingerprint density at radius 3 is 2.45 bits per heavy atom. The quantitative estimate of drug-likeness (QED) is 0.887. The molecule has 0 spiro atoms. The number of likely N-dealkylation sites (N-methyl/N-ethyl adjacent to an activating group) is 1. The van der Waals surface area contributed by atoms with Crippen molar-refractivity contribution in [3.63, 3.8) is 0 Å². The second kappa shape index (κ2) is 8.76. The number of anilines is 1. The van der Waals surface area contributed by atoms with Crippen LogP contribution >= 0.6 is 12.4 Å². The van der Waals surface area contributed by atoms with Crippen LogP contribution in [0.2, 0.25) is 0 Å². The summed E-state index contributed by atoms with van der Waals surface area (Å²) in [5, 5.41) is 6.14. The Balaban J connectivity index is 0.00000242. The Morgan fingerprint density at radius 1 is 1.23 bits per heavy atom. The van der Waals surface area contributed by atoms with Gasteiger partial charge >= 0.3 is 0 Å². The van der Waals surface area contributed by atoms with Crippen molar-refractivity contribution in [3.8, 4) is 0 Å². The molecule has 1 aromatic rings. The Hall–Kier alpha value is -1.59. The molecule has 6 heteroatoms. The lowest BCUT2D eigenvalue weighted by Crippen LogP contribution is -2.43. The summed E-state index contributed by atoms with van der Waals surface area (Å²) < 4.78 is 0. The average molecular weight is 326 g/mol. The maximum Gasteiger partial charge on any atom is 0.241 e. The van der Waals surface area contributed by atoms with Crippen molar-refractivity contribution in [2.75, 3.05) is 26.0 Å². The summed E-state index contributed by atoms with van der Waals surface area (Å²) in [6.07, 6.45) is 3.50. The van der Waals surface area contributed by atoms with Crippen LogP contribution in [0.3, 0.4) is 0 Å². The summed E-state index contributed by atoms with van der Waals surface area (Å²) in [6, 6.07) is 7.36. The molecule has 22 heavy (non-hydrogen) atoms. The molecule has 2 N–H and O–H groups in total. The summed E-state index contributed by atoms with van der Waals surface area (Å²) in [5.74, 6) is 0.0880. The number of nitrogens with zero attached hydrogens (tertiary/aromatic N) is 1. The number of amides is 2. The highest BCUT2D eigenvalue weighted by atomic mass is 35.5. The fourth-order valence-corrected chi connectivity index (χ4v) is 2.34. The minimum absolute atomic E-state index is 0. The molecule has 1 unspecified atom stereocenters. The van der Waals surface area contributed by atoms with Gasteiger partial charge in [-0.1, -0.05) is 18.6 Å². The molecule has 0 radical (unpaired) electrons. The van der Waals surface area contributed by atoms with E-state index < -0.39 is 0 Å². The van der Waals surface area contributed by atoms with Crippen LogP contribution in [-0.4, -0.2) is 43.4 Å². The lowest BCUT2D eigenvalue weighted by molar-refractivity contribution is -0.128. The van der Waals surface area contributed by atoms with Gasteiger partial charge in [-0.2, -0.15) is 0 Å². The molecular formula is C16H24ClN3O2. The summed E-state index contributed by atoms with van der Waals surface area (Å²) in [5.41, 5.74) is 1.72. The van der Waals surface area contributed by atoms with Gasteiger partial charge < -0.3 is 15.5 Å². The van der Waals surface area contributed by atoms with Gasteiger partial charge in [-0.3, -0.25) is 9.59 Å². The molecule has 0 bridgehead atoms. The molecule has 2 amide bonds. The van der Waals surface area contributed by atoms with E-state index in [1.807, 2.05) is 24.3 Å². The van der Waals surface area contributed by atoms with Gasteiger partial charge in [-0.05, 0) is 37.1 Å². The Kier molecular flexibility index (Phi) is 7.35. The Morgan fingerprint density at radius 2 is 1.91 bits per heavy atom. The third-order valence-corrected chi connectivity index (χ3v) is 3.70. The van der Waals surface area contributed by atoms with E-state index >= 15 is 0 Å². The number of benzene rings is 1. The first-order chi connectivity index (χ1) is 10.1. The molecule has 1 saturated heterocycles. The number of carbonyl (C=O) groups excluding carboxylic acids is 2. The van der Waals surface area contributed by atoms with Gasteiger partial charge in [-0.25, -0.2) is 0 Å². The van der Waals surface area contributed by atoms with Gasteiger partial charge in [0.25, 0.3) is 0 Å². The number of halogens is 1. The highest BCUT2D eigenvalue weighted by Gasteiger charge is 2.20. The minimum atomic E-state index is -0.0891. The fraction of sp³-hybridized carbons (Fsp3) is 0.500. The van der Waals surface area contributed by atoms with Gasteiger partial charge in [0.15, 0.2) is 0 Å². The second-order valence-corrected chi connectivity index (χ2v) is 5.65. The van der Waals surface area contributed by atoms with Gasteiger partial charge in [0.2, 0.25) is 11.8 Å². The van der Waals surface area contributed by atoms with Crippen LogP contribution in [0.15, 0.2) is 24.3 Å². The molecule has 0 aromatic heterocycles. The standard InChI is InChI=1S/C16H23N3O2.ClH/c1-19(2)15(20)11-12-6-8-13(9-7-12)18-16(21)14-5-3-4-10-17-14;/h6-9,14,17H,3-5,10-11H2,1-2H3,(H,18,21);1H. The summed E-state index contributed by atoms with van der Waals surface area (Å²) >= 11 is 0. The molecule has 1 aliphatic rings. The first kappa shape index (κ1) is 18.5. The number of piperidine rings is 1. The van der Waals surface area contributed by atoms with E-state index in [9.17, 15) is 9.59 Å². The van der Waals surface area contributed by atoms with E-state index in [1.165, 1.54) is 0 Å². The molecule has 1 heterocycles. The van der Waals surface area contributed by atoms with Crippen molar-refractivity contribution in [2.24, 2.45) is 0 Å². The topological polar surface area (TPSA) is 61.4 Å². The lowest BCUT2D eigenvalue weighted by Gasteiger charge is -2.22. The first-order valence-electron chi connectivity index (χ1n) is 7.39. The highest BCUT2D eigenvalue weighted by molar-refractivity contribution is 5.94. The van der Waals surface area contributed by atoms with Crippen molar-refractivity contribution >= 4 is 29.9 Å². The molecule has 1 fully saturated rings. The van der Waals surface area contributed by atoms with Crippen molar-refractivity contribution in [1.82, 2.24) is 10.2 Å². The highest BCUT2D eigenvalue weighted by Crippen LogP contribution is 2.13. The second-order valence-electron chi connectivity index (χ2n) is 5.65. The van der Waals surface area contributed by atoms with E-state index in [0.717, 1.165) is 37.1 Å². The lowest BCUT2D eigenvalue weighted by atomic mass is 10.0. The summed E-state index contributed by atoms with van der Waals surface area (Å²) in [6.45, 7) is 0.906. The van der Waals surface area contributed by atoms with Crippen LogP contribution in [-0.2, 0) is 16.0 Å². The van der Waals surface area contributed by atoms with Crippen LogP contribution in [0.1, 0.15) is 24.8 Å². The SMILES string of the molecule is CN(C)C(=O)Cc1ccc(NC(=O)C2CCCCN2)cc1.Cl. The first-order valence-corrected chi connectivity index (χ1v) is 7.39. The normalized spacial score (nSPS) is 17.3. The van der Waals surface area contributed by atoms with Gasteiger partial charge in [0.1, 0.15) is 0 Å². The van der Waals surface area contributed by atoms with Gasteiger partial charge in [-0.15, -0.1) is 12.4 Å². The van der Waals surface area contributed by atoms with Crippen LogP contribution in [0.5, 0.6) is 0 Å². The van der Waals surface area contributed by atoms with Crippen molar-refractivity contribution in [1.29, 1.82) is 0 Å². The zero-order valence-electron chi connectivity index (χ0n) is 13.1. The molecule has 2 rings (SSSR count). The zero-order chi connectivity index (χ0) is 15.2. The molecule has 0 saturated carbocycles. The zero-order valence-corrected chi connectivity index (χ0v) is 13.9. The van der Waals surface area contributed by atoms with E-state index in [0.29, 0.717) is 6.42 Å². The smallest absolute Gasteiger partial charge is 0.241 e. The number of hydrogen-bond acceptors (Lipinski definition) is 3. The molecule has 1 aliphatic heterocycles. The van der Waals surface area contributed by atoms with Crippen LogP contribution in [0, 0.1) is 0 Å². The van der Waals surface area contributed by atoms with Crippen LogP contribution in [0.4, 0.5) is 5.69 Å². The maximum absolute atomic E-state index is 12.1. The van der Waals surface area contributed by atoms with E-state index in [2.05, 4.69) is 10.6 Å². The molecular weight excluding hydrogens is 302 g/mol. The number of nitrogens with one attached hydrogen (secondary N) is 2. The summed E-state index contributed by atoms with van der Waals surface area (Å²) in [4.78, 5) is 25.3. The predicted octanol–water partition coefficient (Wildman–Crippen LogP) is 1.82. The van der Waals surface area contributed by atoms with Crippen LogP contribution in [0.25, 0.3) is 0 Å². The molecule has 122 valence electrons. The van der Waals surface area contributed by atoms with Crippen LogP contribution < -0.4 is 10.6 Å². The molecule has 5 nitrogen and oxygen atoms in total. The van der Waals surface area contributed by atoms with E-state index in [1.54, 1.807) is 19.0 Å². The fourth-order valence-electron chi connectivity index (χ4n) is 2.34. The van der Waals surface area contributed by atoms with E-state index in [-0.39, 0.29) is 30.3 Å². The van der Waals surface area contributed by atoms with Gasteiger partial charge in [0.05, 0.1) is 12.5 Å². The van der Waals surface area contributed by atoms with Crippen molar-refractivity contribution in [2.45, 2.75) is 31.7 Å². The number of hydrogen-bond donors (Lipinski definition) is 2. The van der Waals surface area contributed by atoms with Crippen molar-refractivity contribution in [3.05, 3.63) is 29.8 Å². The third kappa shape index (κ3) is 5.31. The van der Waals surface area contributed by atoms with Gasteiger partial charge in [0, 0.05) is 19.8 Å². The monoisotopic (exact) mass is 325 g/mol. The molecule has 1 atom stereocenters. The third-order valence-electron chi connectivity index (χ3n) is 3.70. The predicted molar refractivity (Wildman–Crippen MR) is 90.4 cm³/mol. The van der Waals surface area contributed by atoms with Crippen molar-refractivity contribution < 1.29 is 9.59 Å². The maximum atomic E-state index is 12.1. The minimum Gasteiger partial charge on any atom is -0.349 e. The van der Waals surface area contributed by atoms with E-state index in [4.69, 9.17) is 0 Å². The molecule has 1 aromatic carbocycles. The summed E-state index contributed by atoms with van der Waals surface area (Å²) in [7, 11) is 3.49. The number of carbonyl (C=O) groups is 2.